The zero-order valence-electron chi connectivity index (χ0n) is 12.4. The third-order valence-electron chi connectivity index (χ3n) is 3.02. The third-order valence-corrected chi connectivity index (χ3v) is 3.33. The molecule has 0 saturated carbocycles. The predicted molar refractivity (Wildman–Crippen MR) is 86.3 cm³/mol. The Balaban J connectivity index is 1.89. The number of hydrogen-bond acceptors (Lipinski definition) is 3. The van der Waals surface area contributed by atoms with Crippen molar-refractivity contribution in [1.82, 2.24) is 0 Å². The third kappa shape index (κ3) is 4.33. The number of amides is 1. The average Bonchev–Trinajstić information content (AvgIpc) is 2.48. The fourth-order valence-corrected chi connectivity index (χ4v) is 2.09. The maximum Gasteiger partial charge on any atom is 0.338 e. The number of rotatable bonds is 4. The van der Waals surface area contributed by atoms with E-state index < -0.39 is 11.9 Å². The van der Waals surface area contributed by atoms with E-state index in [2.05, 4.69) is 5.32 Å². The lowest BCUT2D eigenvalue weighted by molar-refractivity contribution is -0.119. The summed E-state index contributed by atoms with van der Waals surface area (Å²) in [6, 6.07) is 12.2. The molecule has 0 bridgehead atoms. The van der Waals surface area contributed by atoms with Crippen molar-refractivity contribution in [2.24, 2.45) is 0 Å². The zero-order valence-corrected chi connectivity index (χ0v) is 13.1. The second kappa shape index (κ2) is 7.09. The summed E-state index contributed by atoms with van der Waals surface area (Å²) in [5.41, 5.74) is 2.94. The van der Waals surface area contributed by atoms with Gasteiger partial charge in [-0.25, -0.2) is 4.79 Å². The molecule has 5 heteroatoms. The Morgan fingerprint density at radius 3 is 2.32 bits per heavy atom. The number of carbonyl (C=O) groups excluding carboxylic acids is 2. The van der Waals surface area contributed by atoms with Crippen LogP contribution in [0.4, 0.5) is 5.69 Å². The Labute approximate surface area is 134 Å². The summed E-state index contributed by atoms with van der Waals surface area (Å²) in [7, 11) is 0. The average molecular weight is 318 g/mol. The number of hydrogen-bond donors (Lipinski definition) is 1. The lowest BCUT2D eigenvalue weighted by Gasteiger charge is -2.08. The van der Waals surface area contributed by atoms with E-state index >= 15 is 0 Å². The van der Waals surface area contributed by atoms with Gasteiger partial charge in [0, 0.05) is 0 Å². The second-order valence-electron chi connectivity index (χ2n) is 4.97. The summed E-state index contributed by atoms with van der Waals surface area (Å²) < 4.78 is 4.97. The molecule has 2 rings (SSSR count). The topological polar surface area (TPSA) is 55.4 Å². The van der Waals surface area contributed by atoms with Crippen molar-refractivity contribution >= 4 is 29.2 Å². The van der Waals surface area contributed by atoms with Gasteiger partial charge < -0.3 is 10.1 Å². The number of benzene rings is 2. The van der Waals surface area contributed by atoms with Gasteiger partial charge in [-0.05, 0) is 43.7 Å². The number of esters is 1. The van der Waals surface area contributed by atoms with Crippen molar-refractivity contribution in [2.75, 3.05) is 11.9 Å². The first-order valence-electron chi connectivity index (χ1n) is 6.75. The van der Waals surface area contributed by atoms with Crippen LogP contribution in [0.1, 0.15) is 21.5 Å². The Kier molecular flexibility index (Phi) is 5.17. The fraction of sp³-hybridized carbons (Fsp3) is 0.176. The van der Waals surface area contributed by atoms with E-state index in [-0.39, 0.29) is 6.61 Å². The SMILES string of the molecule is Cc1ccc(C(=O)OCC(=O)Nc2ccc(C)cc2Cl)cc1. The van der Waals surface area contributed by atoms with Crippen LogP contribution in [-0.2, 0) is 9.53 Å². The molecule has 0 unspecified atom stereocenters. The van der Waals surface area contributed by atoms with E-state index in [1.165, 1.54) is 0 Å². The quantitative estimate of drug-likeness (QED) is 0.874. The van der Waals surface area contributed by atoms with Crippen molar-refractivity contribution in [3.8, 4) is 0 Å². The molecule has 4 nitrogen and oxygen atoms in total. The summed E-state index contributed by atoms with van der Waals surface area (Å²) >= 11 is 6.02. The normalized spacial score (nSPS) is 10.1. The number of anilines is 1. The van der Waals surface area contributed by atoms with Crippen LogP contribution in [0.3, 0.4) is 0 Å². The van der Waals surface area contributed by atoms with Crippen LogP contribution in [0.25, 0.3) is 0 Å². The first kappa shape index (κ1) is 16.0. The highest BCUT2D eigenvalue weighted by Gasteiger charge is 2.11. The van der Waals surface area contributed by atoms with Gasteiger partial charge >= 0.3 is 5.97 Å². The lowest BCUT2D eigenvalue weighted by atomic mass is 10.1. The van der Waals surface area contributed by atoms with E-state index in [0.717, 1.165) is 11.1 Å². The van der Waals surface area contributed by atoms with Crippen molar-refractivity contribution in [1.29, 1.82) is 0 Å². The zero-order chi connectivity index (χ0) is 16.1. The van der Waals surface area contributed by atoms with Gasteiger partial charge in [0.25, 0.3) is 5.91 Å². The van der Waals surface area contributed by atoms with Crippen molar-refractivity contribution in [3.63, 3.8) is 0 Å². The van der Waals surface area contributed by atoms with Crippen LogP contribution in [0.5, 0.6) is 0 Å². The standard InChI is InChI=1S/C17H16ClNO3/c1-11-3-6-13(7-4-11)17(21)22-10-16(20)19-15-8-5-12(2)9-14(15)18/h3-9H,10H2,1-2H3,(H,19,20). The van der Waals surface area contributed by atoms with Crippen molar-refractivity contribution in [2.45, 2.75) is 13.8 Å². The molecule has 2 aromatic rings. The summed E-state index contributed by atoms with van der Waals surface area (Å²) in [4.78, 5) is 23.6. The van der Waals surface area contributed by atoms with E-state index in [9.17, 15) is 9.59 Å². The van der Waals surface area contributed by atoms with Gasteiger partial charge in [0.2, 0.25) is 0 Å². The summed E-state index contributed by atoms with van der Waals surface area (Å²) in [6.07, 6.45) is 0. The first-order valence-corrected chi connectivity index (χ1v) is 7.13. The summed E-state index contributed by atoms with van der Waals surface area (Å²) in [5.74, 6) is -0.976. The smallest absolute Gasteiger partial charge is 0.338 e. The lowest BCUT2D eigenvalue weighted by Crippen LogP contribution is -2.21. The summed E-state index contributed by atoms with van der Waals surface area (Å²) in [6.45, 7) is 3.46. The van der Waals surface area contributed by atoms with Crippen LogP contribution in [0.2, 0.25) is 5.02 Å². The van der Waals surface area contributed by atoms with Gasteiger partial charge in [-0.15, -0.1) is 0 Å². The van der Waals surface area contributed by atoms with Gasteiger partial charge in [0.1, 0.15) is 0 Å². The van der Waals surface area contributed by atoms with Gasteiger partial charge in [-0.2, -0.15) is 0 Å². The number of carbonyl (C=O) groups is 2. The molecule has 0 aromatic heterocycles. The molecule has 0 aliphatic rings. The molecule has 0 aliphatic heterocycles. The largest absolute Gasteiger partial charge is 0.452 e. The fourth-order valence-electron chi connectivity index (χ4n) is 1.81. The monoisotopic (exact) mass is 317 g/mol. The number of ether oxygens (including phenoxy) is 1. The van der Waals surface area contributed by atoms with Crippen LogP contribution in [-0.4, -0.2) is 18.5 Å². The van der Waals surface area contributed by atoms with Gasteiger partial charge in [0.05, 0.1) is 16.3 Å². The molecule has 22 heavy (non-hydrogen) atoms. The predicted octanol–water partition coefficient (Wildman–Crippen LogP) is 3.75. The minimum Gasteiger partial charge on any atom is -0.452 e. The molecule has 0 radical (unpaired) electrons. The van der Waals surface area contributed by atoms with E-state index in [1.807, 2.05) is 32.0 Å². The molecule has 0 spiro atoms. The highest BCUT2D eigenvalue weighted by molar-refractivity contribution is 6.33. The van der Waals surface area contributed by atoms with Crippen molar-refractivity contribution < 1.29 is 14.3 Å². The molecular formula is C17H16ClNO3. The Morgan fingerprint density at radius 2 is 1.68 bits per heavy atom. The Morgan fingerprint density at radius 1 is 1.05 bits per heavy atom. The van der Waals surface area contributed by atoms with Crippen molar-refractivity contribution in [3.05, 3.63) is 64.2 Å². The van der Waals surface area contributed by atoms with Gasteiger partial charge in [-0.3, -0.25) is 4.79 Å². The maximum atomic E-state index is 11.8. The van der Waals surface area contributed by atoms with Crippen LogP contribution in [0, 0.1) is 13.8 Å². The molecule has 0 saturated heterocycles. The Hall–Kier alpha value is -2.33. The molecule has 114 valence electrons. The van der Waals surface area contributed by atoms with Crippen LogP contribution in [0.15, 0.2) is 42.5 Å². The van der Waals surface area contributed by atoms with Gasteiger partial charge in [0.15, 0.2) is 6.61 Å². The molecule has 0 heterocycles. The molecule has 1 amide bonds. The molecule has 0 fully saturated rings. The number of halogens is 1. The molecule has 0 aliphatic carbocycles. The van der Waals surface area contributed by atoms with Crippen LogP contribution >= 0.6 is 11.6 Å². The van der Waals surface area contributed by atoms with E-state index in [0.29, 0.717) is 16.3 Å². The highest BCUT2D eigenvalue weighted by atomic mass is 35.5. The van der Waals surface area contributed by atoms with E-state index in [1.54, 1.807) is 24.3 Å². The van der Waals surface area contributed by atoms with E-state index in [4.69, 9.17) is 16.3 Å². The molecular weight excluding hydrogens is 302 g/mol. The molecule has 0 atom stereocenters. The first-order chi connectivity index (χ1) is 10.5. The molecule has 2 aromatic carbocycles. The van der Waals surface area contributed by atoms with Crippen LogP contribution < -0.4 is 5.32 Å². The maximum absolute atomic E-state index is 11.8. The minimum atomic E-state index is -0.537. The summed E-state index contributed by atoms with van der Waals surface area (Å²) in [5, 5.41) is 3.05. The second-order valence-corrected chi connectivity index (χ2v) is 5.38. The highest BCUT2D eigenvalue weighted by Crippen LogP contribution is 2.22. The number of aryl methyl sites for hydroxylation is 2. The Bertz CT molecular complexity index is 696. The van der Waals surface area contributed by atoms with Gasteiger partial charge in [-0.1, -0.05) is 35.4 Å². The number of nitrogens with one attached hydrogen (secondary N) is 1. The minimum absolute atomic E-state index is 0.364. The molecule has 1 N–H and O–H groups in total.